The van der Waals surface area contributed by atoms with E-state index < -0.39 is 0 Å². The predicted octanol–water partition coefficient (Wildman–Crippen LogP) is 3.84. The Morgan fingerprint density at radius 1 is 1.15 bits per heavy atom. The molecule has 0 atom stereocenters. The van der Waals surface area contributed by atoms with E-state index in [1.165, 1.54) is 17.7 Å². The maximum atomic E-state index is 12.9. The van der Waals surface area contributed by atoms with E-state index in [0.29, 0.717) is 12.0 Å². The lowest BCUT2D eigenvalue weighted by Gasteiger charge is -2.38. The van der Waals surface area contributed by atoms with E-state index in [4.69, 9.17) is 10.5 Å². The van der Waals surface area contributed by atoms with Gasteiger partial charge < -0.3 is 15.4 Å². The van der Waals surface area contributed by atoms with E-state index in [-0.39, 0.29) is 17.2 Å². The molecule has 0 aliphatic carbocycles. The van der Waals surface area contributed by atoms with Crippen molar-refractivity contribution in [3.63, 3.8) is 0 Å². The van der Waals surface area contributed by atoms with Gasteiger partial charge in [-0.2, -0.15) is 0 Å². The first-order valence-electron chi connectivity index (χ1n) is 9.62. The SMILES string of the molecule is Nc1ccc2c(c1)CC1(CCN(CCCC(=O)c3ccc(F)cc3)CC1)O2. The Hall–Kier alpha value is -2.40. The van der Waals surface area contributed by atoms with Crippen molar-refractivity contribution < 1.29 is 13.9 Å². The Labute approximate surface area is 159 Å². The Balaban J connectivity index is 1.23. The van der Waals surface area contributed by atoms with Crippen molar-refractivity contribution in [1.29, 1.82) is 0 Å². The van der Waals surface area contributed by atoms with Crippen LogP contribution >= 0.6 is 0 Å². The third kappa shape index (κ3) is 3.98. The smallest absolute Gasteiger partial charge is 0.162 e. The fourth-order valence-electron chi connectivity index (χ4n) is 4.16. The number of likely N-dealkylation sites (tertiary alicyclic amines) is 1. The van der Waals surface area contributed by atoms with Crippen molar-refractivity contribution in [2.24, 2.45) is 0 Å². The van der Waals surface area contributed by atoms with E-state index in [1.54, 1.807) is 12.1 Å². The monoisotopic (exact) mass is 368 g/mol. The predicted molar refractivity (Wildman–Crippen MR) is 104 cm³/mol. The standard InChI is InChI=1S/C22H25FN2O2/c23-18-5-3-16(4-6-18)20(26)2-1-11-25-12-9-22(10-13-25)15-17-14-19(24)7-8-21(17)27-22/h3-8,14H,1-2,9-13,15,24H2. The lowest BCUT2D eigenvalue weighted by atomic mass is 9.87. The second-order valence-electron chi connectivity index (χ2n) is 7.70. The number of benzene rings is 2. The van der Waals surface area contributed by atoms with E-state index in [9.17, 15) is 9.18 Å². The van der Waals surface area contributed by atoms with Crippen LogP contribution in [0.4, 0.5) is 10.1 Å². The molecular weight excluding hydrogens is 343 g/mol. The van der Waals surface area contributed by atoms with E-state index in [2.05, 4.69) is 4.90 Å². The molecule has 4 rings (SSSR count). The maximum Gasteiger partial charge on any atom is 0.162 e. The first kappa shape index (κ1) is 18.0. The normalized spacial score (nSPS) is 18.3. The van der Waals surface area contributed by atoms with Crippen molar-refractivity contribution in [1.82, 2.24) is 4.90 Å². The number of hydrogen-bond donors (Lipinski definition) is 1. The minimum Gasteiger partial charge on any atom is -0.487 e. The van der Waals surface area contributed by atoms with Gasteiger partial charge in [0.1, 0.15) is 17.2 Å². The molecule has 4 nitrogen and oxygen atoms in total. The number of carbonyl (C=O) groups excluding carboxylic acids is 1. The summed E-state index contributed by atoms with van der Waals surface area (Å²) in [5.74, 6) is 0.742. The van der Waals surface area contributed by atoms with E-state index in [0.717, 1.165) is 56.8 Å². The molecule has 2 aromatic rings. The molecule has 2 aliphatic heterocycles. The first-order chi connectivity index (χ1) is 13.0. The van der Waals surface area contributed by atoms with Crippen molar-refractivity contribution in [3.8, 4) is 5.75 Å². The molecular formula is C22H25FN2O2. The Kier molecular flexibility index (Phi) is 4.87. The topological polar surface area (TPSA) is 55.6 Å². The molecule has 0 aromatic heterocycles. The fourth-order valence-corrected chi connectivity index (χ4v) is 4.16. The summed E-state index contributed by atoms with van der Waals surface area (Å²) < 4.78 is 19.2. The minimum absolute atomic E-state index is 0.0793. The van der Waals surface area contributed by atoms with Crippen LogP contribution in [0.5, 0.6) is 5.75 Å². The van der Waals surface area contributed by atoms with Gasteiger partial charge in [0.05, 0.1) is 0 Å². The van der Waals surface area contributed by atoms with Crippen LogP contribution in [0.25, 0.3) is 0 Å². The second kappa shape index (κ2) is 7.31. The quantitative estimate of drug-likeness (QED) is 0.644. The summed E-state index contributed by atoms with van der Waals surface area (Å²) in [5, 5.41) is 0. The Morgan fingerprint density at radius 2 is 1.89 bits per heavy atom. The average molecular weight is 368 g/mol. The third-order valence-electron chi connectivity index (χ3n) is 5.74. The van der Waals surface area contributed by atoms with Crippen LogP contribution in [0.2, 0.25) is 0 Å². The van der Waals surface area contributed by atoms with Crippen molar-refractivity contribution in [3.05, 3.63) is 59.4 Å². The zero-order chi connectivity index (χ0) is 18.9. The first-order valence-corrected chi connectivity index (χ1v) is 9.62. The van der Waals surface area contributed by atoms with Crippen molar-refractivity contribution in [2.45, 2.75) is 37.7 Å². The van der Waals surface area contributed by atoms with Crippen molar-refractivity contribution >= 4 is 11.5 Å². The molecule has 2 heterocycles. The van der Waals surface area contributed by atoms with Gasteiger partial charge in [-0.1, -0.05) is 0 Å². The molecule has 0 amide bonds. The van der Waals surface area contributed by atoms with Crippen LogP contribution in [0, 0.1) is 5.82 Å². The number of nitrogens with two attached hydrogens (primary N) is 1. The number of anilines is 1. The van der Waals surface area contributed by atoms with Gasteiger partial charge in [0.15, 0.2) is 5.78 Å². The van der Waals surface area contributed by atoms with Crippen LogP contribution in [0.15, 0.2) is 42.5 Å². The highest BCUT2D eigenvalue weighted by Crippen LogP contribution is 2.41. The summed E-state index contributed by atoms with van der Waals surface area (Å²) in [6.07, 6.45) is 4.24. The second-order valence-corrected chi connectivity index (χ2v) is 7.70. The molecule has 0 saturated carbocycles. The Bertz CT molecular complexity index is 827. The number of rotatable bonds is 5. The van der Waals surface area contributed by atoms with Crippen LogP contribution in [0.3, 0.4) is 0 Å². The van der Waals surface area contributed by atoms with Gasteiger partial charge in [-0.25, -0.2) is 4.39 Å². The Morgan fingerprint density at radius 3 is 2.63 bits per heavy atom. The number of fused-ring (bicyclic) bond motifs is 1. The zero-order valence-electron chi connectivity index (χ0n) is 15.4. The summed E-state index contributed by atoms with van der Waals surface area (Å²) in [6, 6.07) is 11.7. The highest BCUT2D eigenvalue weighted by atomic mass is 19.1. The number of piperidine rings is 1. The number of halogens is 1. The molecule has 0 radical (unpaired) electrons. The molecule has 5 heteroatoms. The number of Topliss-reactive ketones (excluding diaryl/α,β-unsaturated/α-hetero) is 1. The van der Waals surface area contributed by atoms with Crippen molar-refractivity contribution in [2.75, 3.05) is 25.4 Å². The lowest BCUT2D eigenvalue weighted by molar-refractivity contribution is 0.0190. The van der Waals surface area contributed by atoms with E-state index in [1.807, 2.05) is 18.2 Å². The zero-order valence-corrected chi connectivity index (χ0v) is 15.4. The molecule has 0 bridgehead atoms. The molecule has 1 fully saturated rings. The summed E-state index contributed by atoms with van der Waals surface area (Å²) >= 11 is 0. The maximum absolute atomic E-state index is 12.9. The van der Waals surface area contributed by atoms with Gasteiger partial charge in [-0.3, -0.25) is 4.79 Å². The number of hydrogen-bond acceptors (Lipinski definition) is 4. The number of carbonyl (C=O) groups is 1. The van der Waals surface area contributed by atoms with E-state index >= 15 is 0 Å². The summed E-state index contributed by atoms with van der Waals surface area (Å²) in [5.41, 5.74) is 8.40. The lowest BCUT2D eigenvalue weighted by Crippen LogP contribution is -2.47. The summed E-state index contributed by atoms with van der Waals surface area (Å²) in [4.78, 5) is 14.6. The van der Waals surface area contributed by atoms with Gasteiger partial charge in [-0.05, 0) is 55.4 Å². The van der Waals surface area contributed by atoms with Crippen LogP contribution in [-0.4, -0.2) is 35.9 Å². The van der Waals surface area contributed by atoms with Gasteiger partial charge in [0.25, 0.3) is 0 Å². The highest BCUT2D eigenvalue weighted by molar-refractivity contribution is 5.95. The number of nitrogens with zero attached hydrogens (tertiary/aromatic N) is 1. The minimum atomic E-state index is -0.312. The average Bonchev–Trinajstić information content (AvgIpc) is 3.01. The molecule has 142 valence electrons. The largest absolute Gasteiger partial charge is 0.487 e. The molecule has 27 heavy (non-hydrogen) atoms. The third-order valence-corrected chi connectivity index (χ3v) is 5.74. The molecule has 2 aliphatic rings. The fraction of sp³-hybridized carbons (Fsp3) is 0.409. The number of nitrogen functional groups attached to an aromatic ring is 1. The van der Waals surface area contributed by atoms with Gasteiger partial charge in [-0.15, -0.1) is 0 Å². The van der Waals surface area contributed by atoms with Gasteiger partial charge in [0, 0.05) is 55.6 Å². The number of ether oxygens (including phenoxy) is 1. The molecule has 2 N–H and O–H groups in total. The summed E-state index contributed by atoms with van der Waals surface area (Å²) in [7, 11) is 0. The molecule has 1 spiro atoms. The number of ketones is 1. The van der Waals surface area contributed by atoms with Crippen LogP contribution < -0.4 is 10.5 Å². The van der Waals surface area contributed by atoms with Crippen LogP contribution in [0.1, 0.15) is 41.6 Å². The molecule has 1 saturated heterocycles. The van der Waals surface area contributed by atoms with Gasteiger partial charge >= 0.3 is 0 Å². The molecule has 2 aromatic carbocycles. The molecule has 0 unspecified atom stereocenters. The van der Waals surface area contributed by atoms with Crippen LogP contribution in [-0.2, 0) is 6.42 Å². The highest BCUT2D eigenvalue weighted by Gasteiger charge is 2.41. The van der Waals surface area contributed by atoms with Gasteiger partial charge in [0.2, 0.25) is 0 Å². The summed E-state index contributed by atoms with van der Waals surface area (Å²) in [6.45, 7) is 2.87.